The van der Waals surface area contributed by atoms with Gasteiger partial charge in [-0.15, -0.1) is 0 Å². The van der Waals surface area contributed by atoms with Crippen LogP contribution in [-0.4, -0.2) is 60.0 Å². The molecule has 8 nitrogen and oxygen atoms in total. The molecular formula is C28H28N4O4S. The number of methoxy groups -OCH3 is 1. The summed E-state index contributed by atoms with van der Waals surface area (Å²) in [6.45, 7) is 3.84. The molecule has 0 unspecified atom stereocenters. The molecule has 0 spiro atoms. The van der Waals surface area contributed by atoms with Crippen molar-refractivity contribution in [1.29, 1.82) is 0 Å². The number of carbonyl (C=O) groups is 1. The second kappa shape index (κ2) is 9.64. The van der Waals surface area contributed by atoms with E-state index >= 15 is 0 Å². The molecule has 4 aromatic rings. The number of carboxylic acids is 1. The van der Waals surface area contributed by atoms with E-state index in [0.29, 0.717) is 5.69 Å². The number of nitrogens with zero attached hydrogens (tertiary/aromatic N) is 4. The average Bonchev–Trinajstić information content (AvgIpc) is 3.68. The van der Waals surface area contributed by atoms with Gasteiger partial charge in [0.2, 0.25) is 0 Å². The summed E-state index contributed by atoms with van der Waals surface area (Å²) >= 11 is 1.61. The number of rotatable bonds is 6. The number of anilines is 2. The van der Waals surface area contributed by atoms with Crippen molar-refractivity contribution in [1.82, 2.24) is 9.55 Å². The Hall–Kier alpha value is -3.69. The van der Waals surface area contributed by atoms with Crippen molar-refractivity contribution >= 4 is 38.3 Å². The summed E-state index contributed by atoms with van der Waals surface area (Å²) in [6, 6.07) is 15.5. The zero-order valence-corrected chi connectivity index (χ0v) is 21.4. The van der Waals surface area contributed by atoms with Gasteiger partial charge in [0.25, 0.3) is 0 Å². The lowest BCUT2D eigenvalue weighted by atomic mass is 10.1. The maximum absolute atomic E-state index is 12.7. The minimum Gasteiger partial charge on any atom is -0.477 e. The molecule has 9 heteroatoms. The third kappa shape index (κ3) is 4.49. The van der Waals surface area contributed by atoms with E-state index in [1.54, 1.807) is 23.0 Å². The first-order chi connectivity index (χ1) is 18.0. The molecule has 4 heterocycles. The number of carboxylic acid groups (broad SMARTS) is 1. The highest BCUT2D eigenvalue weighted by atomic mass is 32.1. The van der Waals surface area contributed by atoms with Crippen LogP contribution in [0.3, 0.4) is 0 Å². The molecule has 2 aromatic carbocycles. The standard InChI is InChI=1S/C28H28N4O4S/c1-36-21-10-13-31(16-21)28-29-23-9-8-20(14-26(23)37-28)32-17-22(27(34)35)25(33)15-24(32)18-4-6-19(7-5-18)30-11-2-3-12-30/h4-9,14-15,17,21H,2-3,10-13,16H2,1H3,(H,34,35)/t21-/m0/s1. The van der Waals surface area contributed by atoms with Crippen molar-refractivity contribution in [3.8, 4) is 16.9 Å². The van der Waals surface area contributed by atoms with Crippen molar-refractivity contribution < 1.29 is 14.6 Å². The maximum Gasteiger partial charge on any atom is 0.341 e. The van der Waals surface area contributed by atoms with Crippen molar-refractivity contribution in [2.24, 2.45) is 0 Å². The van der Waals surface area contributed by atoms with Gasteiger partial charge in [0, 0.05) is 56.9 Å². The van der Waals surface area contributed by atoms with E-state index in [4.69, 9.17) is 9.72 Å². The van der Waals surface area contributed by atoms with E-state index in [-0.39, 0.29) is 11.7 Å². The largest absolute Gasteiger partial charge is 0.477 e. The fraction of sp³-hybridized carbons (Fsp3) is 0.321. The maximum atomic E-state index is 12.7. The summed E-state index contributed by atoms with van der Waals surface area (Å²) in [5.41, 5.74) is 3.56. The first-order valence-electron chi connectivity index (χ1n) is 12.5. The summed E-state index contributed by atoms with van der Waals surface area (Å²) in [6.07, 6.45) is 5.03. The summed E-state index contributed by atoms with van der Waals surface area (Å²) in [7, 11) is 1.74. The van der Waals surface area contributed by atoms with E-state index in [2.05, 4.69) is 21.9 Å². The van der Waals surface area contributed by atoms with Crippen LogP contribution in [0.15, 0.2) is 59.5 Å². The van der Waals surface area contributed by atoms with E-state index in [1.165, 1.54) is 25.1 Å². The van der Waals surface area contributed by atoms with Crippen molar-refractivity contribution in [2.75, 3.05) is 43.1 Å². The molecule has 1 atom stereocenters. The molecule has 37 heavy (non-hydrogen) atoms. The van der Waals surface area contributed by atoms with Crippen molar-refractivity contribution in [3.63, 3.8) is 0 Å². The fourth-order valence-electron chi connectivity index (χ4n) is 5.23. The molecular weight excluding hydrogens is 488 g/mol. The van der Waals surface area contributed by atoms with Crippen LogP contribution < -0.4 is 15.2 Å². The monoisotopic (exact) mass is 516 g/mol. The zero-order valence-electron chi connectivity index (χ0n) is 20.6. The lowest BCUT2D eigenvalue weighted by Gasteiger charge is -2.19. The van der Waals surface area contributed by atoms with Gasteiger partial charge in [0.05, 0.1) is 22.0 Å². The first kappa shape index (κ1) is 23.7. The van der Waals surface area contributed by atoms with E-state index in [9.17, 15) is 14.7 Å². The quantitative estimate of drug-likeness (QED) is 0.400. The van der Waals surface area contributed by atoms with Crippen molar-refractivity contribution in [2.45, 2.75) is 25.4 Å². The zero-order chi connectivity index (χ0) is 25.5. The molecule has 2 saturated heterocycles. The van der Waals surface area contributed by atoms with Gasteiger partial charge in [-0.25, -0.2) is 9.78 Å². The van der Waals surface area contributed by atoms with Gasteiger partial charge >= 0.3 is 5.97 Å². The second-order valence-corrected chi connectivity index (χ2v) is 10.6. The van der Waals surface area contributed by atoms with E-state index in [0.717, 1.165) is 64.9 Å². The van der Waals surface area contributed by atoms with Gasteiger partial charge in [0.1, 0.15) is 5.56 Å². The minimum atomic E-state index is -1.24. The topological polar surface area (TPSA) is 87.9 Å². The summed E-state index contributed by atoms with van der Waals surface area (Å²) < 4.78 is 8.30. The Morgan fingerprint density at radius 1 is 1.03 bits per heavy atom. The van der Waals surface area contributed by atoms with E-state index in [1.807, 2.05) is 30.3 Å². The molecule has 1 N–H and O–H groups in total. The number of fused-ring (bicyclic) bond motifs is 1. The number of benzene rings is 2. The average molecular weight is 517 g/mol. The molecule has 0 bridgehead atoms. The predicted octanol–water partition coefficient (Wildman–Crippen LogP) is 4.64. The number of thiazole rings is 1. The summed E-state index contributed by atoms with van der Waals surface area (Å²) in [4.78, 5) is 33.9. The number of aromatic nitrogens is 2. The van der Waals surface area contributed by atoms with Gasteiger partial charge in [-0.05, 0) is 55.2 Å². The van der Waals surface area contributed by atoms with E-state index < -0.39 is 11.4 Å². The molecule has 2 aliphatic heterocycles. The highest BCUT2D eigenvalue weighted by Gasteiger charge is 2.25. The minimum absolute atomic E-state index is 0.220. The Kier molecular flexibility index (Phi) is 6.18. The third-order valence-corrected chi connectivity index (χ3v) is 8.38. The molecule has 6 rings (SSSR count). The Balaban J connectivity index is 1.41. The van der Waals surface area contributed by atoms with Crippen LogP contribution in [0.1, 0.15) is 29.6 Å². The Labute approximate surface area is 218 Å². The summed E-state index contributed by atoms with van der Waals surface area (Å²) in [5.74, 6) is -1.24. The highest BCUT2D eigenvalue weighted by molar-refractivity contribution is 7.22. The first-order valence-corrected chi connectivity index (χ1v) is 13.4. The second-order valence-electron chi connectivity index (χ2n) is 9.59. The third-order valence-electron chi connectivity index (χ3n) is 7.30. The normalized spacial score (nSPS) is 17.7. The van der Waals surface area contributed by atoms with Gasteiger partial charge in [0.15, 0.2) is 10.6 Å². The fourth-order valence-corrected chi connectivity index (χ4v) is 6.26. The van der Waals surface area contributed by atoms with Crippen LogP contribution in [0.5, 0.6) is 0 Å². The number of ether oxygens (including phenoxy) is 1. The molecule has 190 valence electrons. The van der Waals surface area contributed by atoms with Crippen molar-refractivity contribution in [3.05, 3.63) is 70.5 Å². The van der Waals surface area contributed by atoms with Crippen LogP contribution in [0.2, 0.25) is 0 Å². The molecule has 0 saturated carbocycles. The number of aromatic carboxylic acids is 1. The predicted molar refractivity (Wildman–Crippen MR) is 147 cm³/mol. The summed E-state index contributed by atoms with van der Waals surface area (Å²) in [5, 5.41) is 10.6. The van der Waals surface area contributed by atoms with Crippen LogP contribution in [0.25, 0.3) is 27.2 Å². The van der Waals surface area contributed by atoms with Crippen LogP contribution in [0.4, 0.5) is 10.8 Å². The van der Waals surface area contributed by atoms with Gasteiger partial charge in [-0.1, -0.05) is 23.5 Å². The Bertz CT molecular complexity index is 1520. The van der Waals surface area contributed by atoms with Crippen LogP contribution in [0, 0.1) is 0 Å². The number of hydrogen-bond acceptors (Lipinski definition) is 7. The lowest BCUT2D eigenvalue weighted by molar-refractivity contribution is 0.0695. The molecule has 2 aromatic heterocycles. The molecule has 0 aliphatic carbocycles. The van der Waals surface area contributed by atoms with Gasteiger partial charge in [-0.2, -0.15) is 0 Å². The molecule has 2 aliphatic rings. The number of pyridine rings is 1. The molecule has 0 radical (unpaired) electrons. The SMILES string of the molecule is CO[C@H]1CCN(c2nc3ccc(-n4cc(C(=O)O)c(=O)cc4-c4ccc(N5CCCC5)cc4)cc3s2)C1. The van der Waals surface area contributed by atoms with Crippen LogP contribution in [-0.2, 0) is 4.74 Å². The lowest BCUT2D eigenvalue weighted by Crippen LogP contribution is -2.21. The smallest absolute Gasteiger partial charge is 0.341 e. The van der Waals surface area contributed by atoms with Gasteiger partial charge < -0.3 is 24.2 Å². The van der Waals surface area contributed by atoms with Gasteiger partial charge in [-0.3, -0.25) is 4.79 Å². The molecule has 0 amide bonds. The molecule has 2 fully saturated rings. The van der Waals surface area contributed by atoms with Crippen LogP contribution >= 0.6 is 11.3 Å². The Morgan fingerprint density at radius 2 is 1.78 bits per heavy atom. The highest BCUT2D eigenvalue weighted by Crippen LogP contribution is 2.34. The Morgan fingerprint density at radius 3 is 2.49 bits per heavy atom. The number of hydrogen-bond donors (Lipinski definition) is 1.